The molecule has 2 aliphatic rings. The van der Waals surface area contributed by atoms with Crippen LogP contribution in [0, 0.1) is 11.6 Å². The van der Waals surface area contributed by atoms with E-state index >= 15 is 0 Å². The Balaban J connectivity index is 1.35. The third kappa shape index (κ3) is 4.24. The lowest BCUT2D eigenvalue weighted by Gasteiger charge is -2.24. The highest BCUT2D eigenvalue weighted by molar-refractivity contribution is 7.99. The molecule has 1 aromatic carbocycles. The van der Waals surface area contributed by atoms with Gasteiger partial charge in [0, 0.05) is 43.7 Å². The van der Waals surface area contributed by atoms with Crippen molar-refractivity contribution >= 4 is 29.4 Å². The van der Waals surface area contributed by atoms with E-state index in [9.17, 15) is 18.4 Å². The third-order valence-electron chi connectivity index (χ3n) is 5.19. The molecule has 2 aliphatic heterocycles. The first-order chi connectivity index (χ1) is 14.0. The minimum absolute atomic E-state index is 0.0188. The van der Waals surface area contributed by atoms with E-state index in [0.717, 1.165) is 30.1 Å². The van der Waals surface area contributed by atoms with Crippen LogP contribution in [0.1, 0.15) is 17.4 Å². The molecule has 1 unspecified atom stereocenters. The lowest BCUT2D eigenvalue weighted by molar-refractivity contribution is -0.131. The number of carbonyl (C=O) groups excluding carboxylic acids is 2. The minimum atomic E-state index is -1.00. The van der Waals surface area contributed by atoms with Crippen LogP contribution in [0.15, 0.2) is 41.0 Å². The predicted octanol–water partition coefficient (Wildman–Crippen LogP) is 3.51. The van der Waals surface area contributed by atoms with Crippen molar-refractivity contribution in [3.05, 3.63) is 54.0 Å². The summed E-state index contributed by atoms with van der Waals surface area (Å²) in [6.07, 6.45) is 2.44. The summed E-state index contributed by atoms with van der Waals surface area (Å²) in [4.78, 5) is 30.0. The number of nitrogens with zero attached hydrogens (tertiary/aromatic N) is 3. The zero-order chi connectivity index (χ0) is 20.4. The van der Waals surface area contributed by atoms with Crippen LogP contribution in [0.3, 0.4) is 0 Å². The van der Waals surface area contributed by atoms with Crippen molar-refractivity contribution in [2.75, 3.05) is 43.4 Å². The van der Waals surface area contributed by atoms with Gasteiger partial charge in [0.1, 0.15) is 12.3 Å². The molecule has 3 heterocycles. The molecule has 6 nitrogen and oxygen atoms in total. The van der Waals surface area contributed by atoms with Crippen LogP contribution < -0.4 is 4.90 Å². The fourth-order valence-corrected chi connectivity index (χ4v) is 4.79. The molecule has 9 heteroatoms. The van der Waals surface area contributed by atoms with E-state index in [0.29, 0.717) is 26.2 Å². The molecule has 0 N–H and O–H groups in total. The largest absolute Gasteiger partial charge is 0.468 e. The molecule has 3 amide bonds. The summed E-state index contributed by atoms with van der Waals surface area (Å²) in [6.45, 7) is 1.89. The molecular formula is C20H21F2N3O3S. The van der Waals surface area contributed by atoms with Crippen LogP contribution in [0.4, 0.5) is 19.3 Å². The zero-order valence-electron chi connectivity index (χ0n) is 15.7. The molecule has 0 saturated carbocycles. The smallest absolute Gasteiger partial charge is 0.325 e. The Labute approximate surface area is 171 Å². The van der Waals surface area contributed by atoms with Gasteiger partial charge in [-0.05, 0) is 30.7 Å². The van der Waals surface area contributed by atoms with Crippen molar-refractivity contribution in [1.29, 1.82) is 0 Å². The zero-order valence-corrected chi connectivity index (χ0v) is 16.5. The second-order valence-electron chi connectivity index (χ2n) is 7.00. The molecule has 1 aromatic heterocycles. The van der Waals surface area contributed by atoms with Gasteiger partial charge in [-0.15, -0.1) is 11.8 Å². The lowest BCUT2D eigenvalue weighted by Crippen LogP contribution is -2.43. The van der Waals surface area contributed by atoms with Crippen LogP contribution in [-0.4, -0.2) is 60.2 Å². The van der Waals surface area contributed by atoms with E-state index in [1.165, 1.54) is 15.9 Å². The molecule has 2 fully saturated rings. The first kappa shape index (κ1) is 19.8. The number of hydrogen-bond donors (Lipinski definition) is 0. The van der Waals surface area contributed by atoms with Crippen molar-refractivity contribution in [2.45, 2.75) is 11.7 Å². The number of urea groups is 1. The van der Waals surface area contributed by atoms with Crippen molar-refractivity contribution in [3.63, 3.8) is 0 Å². The molecular weight excluding hydrogens is 400 g/mol. The highest BCUT2D eigenvalue weighted by atomic mass is 32.2. The summed E-state index contributed by atoms with van der Waals surface area (Å²) >= 11 is 1.76. The molecule has 2 saturated heterocycles. The van der Waals surface area contributed by atoms with Gasteiger partial charge in [0.2, 0.25) is 5.91 Å². The topological polar surface area (TPSA) is 57.0 Å². The highest BCUT2D eigenvalue weighted by Crippen LogP contribution is 2.34. The Kier molecular flexibility index (Phi) is 5.75. The van der Waals surface area contributed by atoms with Crippen molar-refractivity contribution in [2.24, 2.45) is 0 Å². The number of amides is 3. The standard InChI is InChI=1S/C20H21F2N3O3S/c21-15-4-3-14(12-16(15)22)25-8-7-24(20(25)27)13-19(26)23-6-5-18(29-11-9-23)17-2-1-10-28-17/h1-4,10,12,18H,5-9,11,13H2. The van der Waals surface area contributed by atoms with Gasteiger partial charge in [0.05, 0.1) is 11.5 Å². The van der Waals surface area contributed by atoms with E-state index in [4.69, 9.17) is 4.42 Å². The average molecular weight is 421 g/mol. The number of hydrogen-bond acceptors (Lipinski definition) is 4. The molecule has 0 radical (unpaired) electrons. The number of anilines is 1. The van der Waals surface area contributed by atoms with Gasteiger partial charge in [-0.2, -0.15) is 0 Å². The molecule has 2 aromatic rings. The monoisotopic (exact) mass is 421 g/mol. The molecule has 0 spiro atoms. The summed E-state index contributed by atoms with van der Waals surface area (Å²) in [5.41, 5.74) is 0.288. The first-order valence-electron chi connectivity index (χ1n) is 9.47. The Morgan fingerprint density at radius 3 is 2.76 bits per heavy atom. The number of halogens is 2. The van der Waals surface area contributed by atoms with Gasteiger partial charge in [-0.3, -0.25) is 9.69 Å². The fourth-order valence-electron chi connectivity index (χ4n) is 3.61. The predicted molar refractivity (Wildman–Crippen MR) is 106 cm³/mol. The molecule has 1 atom stereocenters. The van der Waals surface area contributed by atoms with E-state index in [-0.39, 0.29) is 29.4 Å². The number of furan rings is 1. The maximum absolute atomic E-state index is 13.5. The molecule has 29 heavy (non-hydrogen) atoms. The Morgan fingerprint density at radius 1 is 1.14 bits per heavy atom. The van der Waals surface area contributed by atoms with Gasteiger partial charge in [-0.25, -0.2) is 13.6 Å². The van der Waals surface area contributed by atoms with Gasteiger partial charge in [0.15, 0.2) is 11.6 Å². The highest BCUT2D eigenvalue weighted by Gasteiger charge is 2.33. The van der Waals surface area contributed by atoms with Crippen LogP contribution in [0.2, 0.25) is 0 Å². The van der Waals surface area contributed by atoms with E-state index in [1.807, 2.05) is 12.1 Å². The van der Waals surface area contributed by atoms with Gasteiger partial charge < -0.3 is 14.2 Å². The molecule has 4 rings (SSSR count). The summed E-state index contributed by atoms with van der Waals surface area (Å²) in [6, 6.07) is 6.80. The Bertz CT molecular complexity index is 893. The van der Waals surface area contributed by atoms with Crippen molar-refractivity contribution < 1.29 is 22.8 Å². The second-order valence-corrected chi connectivity index (χ2v) is 8.31. The summed E-state index contributed by atoms with van der Waals surface area (Å²) in [7, 11) is 0. The molecule has 0 aliphatic carbocycles. The lowest BCUT2D eigenvalue weighted by atomic mass is 10.2. The minimum Gasteiger partial charge on any atom is -0.468 e. The fraction of sp³-hybridized carbons (Fsp3) is 0.400. The number of thioether (sulfide) groups is 1. The maximum atomic E-state index is 13.5. The number of rotatable bonds is 4. The van der Waals surface area contributed by atoms with Crippen LogP contribution >= 0.6 is 11.8 Å². The van der Waals surface area contributed by atoms with Crippen molar-refractivity contribution in [3.8, 4) is 0 Å². The molecule has 154 valence electrons. The maximum Gasteiger partial charge on any atom is 0.325 e. The SMILES string of the molecule is O=C(CN1CCN(c2ccc(F)c(F)c2)C1=O)N1CCSC(c2ccco2)CC1. The van der Waals surface area contributed by atoms with E-state index in [2.05, 4.69) is 0 Å². The van der Waals surface area contributed by atoms with Gasteiger partial charge in [-0.1, -0.05) is 0 Å². The third-order valence-corrected chi connectivity index (χ3v) is 6.48. The van der Waals surface area contributed by atoms with Crippen LogP contribution in [0.25, 0.3) is 0 Å². The average Bonchev–Trinajstić information content (AvgIpc) is 3.29. The normalized spacial score (nSPS) is 20.3. The summed E-state index contributed by atoms with van der Waals surface area (Å²) in [5, 5.41) is 0.222. The summed E-state index contributed by atoms with van der Waals surface area (Å²) in [5.74, 6) is -0.351. The summed E-state index contributed by atoms with van der Waals surface area (Å²) < 4.78 is 32.1. The Hall–Kier alpha value is -2.55. The van der Waals surface area contributed by atoms with Crippen LogP contribution in [-0.2, 0) is 4.79 Å². The van der Waals surface area contributed by atoms with Gasteiger partial charge >= 0.3 is 6.03 Å². The Morgan fingerprint density at radius 2 is 2.00 bits per heavy atom. The molecule has 0 bridgehead atoms. The van der Waals surface area contributed by atoms with Crippen molar-refractivity contribution in [1.82, 2.24) is 9.80 Å². The number of carbonyl (C=O) groups is 2. The van der Waals surface area contributed by atoms with E-state index < -0.39 is 11.6 Å². The quantitative estimate of drug-likeness (QED) is 0.758. The number of benzene rings is 1. The first-order valence-corrected chi connectivity index (χ1v) is 10.5. The second kappa shape index (κ2) is 8.44. The van der Waals surface area contributed by atoms with Crippen LogP contribution in [0.5, 0.6) is 0 Å². The van der Waals surface area contributed by atoms with Gasteiger partial charge in [0.25, 0.3) is 0 Å². The van der Waals surface area contributed by atoms with E-state index in [1.54, 1.807) is 22.9 Å².